The number of rotatable bonds is 2. The molecule has 0 saturated carbocycles. The molecule has 0 bridgehead atoms. The second-order valence-corrected chi connectivity index (χ2v) is 3.70. The van der Waals surface area contributed by atoms with Crippen molar-refractivity contribution < 1.29 is 13.6 Å². The highest BCUT2D eigenvalue weighted by Gasteiger charge is 2.17. The molecule has 0 aliphatic carbocycles. The number of furan rings is 1. The van der Waals surface area contributed by atoms with E-state index in [1.54, 1.807) is 25.1 Å². The summed E-state index contributed by atoms with van der Waals surface area (Å²) in [7, 11) is 0. The molecule has 1 aromatic heterocycles. The van der Waals surface area contributed by atoms with Crippen LogP contribution in [0.5, 0.6) is 0 Å². The van der Waals surface area contributed by atoms with E-state index in [0.29, 0.717) is 11.3 Å². The summed E-state index contributed by atoms with van der Waals surface area (Å²) in [5.74, 6) is -0.338. The molecule has 0 spiro atoms. The number of hydrogen-bond acceptors (Lipinski definition) is 2. The fraction of sp³-hybridized carbons (Fsp3) is 0.154. The van der Waals surface area contributed by atoms with Gasteiger partial charge < -0.3 is 4.42 Å². The average molecular weight is 218 g/mol. The van der Waals surface area contributed by atoms with E-state index in [-0.39, 0.29) is 11.3 Å². The van der Waals surface area contributed by atoms with E-state index < -0.39 is 5.82 Å². The Balaban J connectivity index is 2.49. The van der Waals surface area contributed by atoms with E-state index in [0.717, 1.165) is 5.56 Å². The first-order chi connectivity index (χ1) is 7.59. The summed E-state index contributed by atoms with van der Waals surface area (Å²) in [6.45, 7) is 3.50. The van der Waals surface area contributed by atoms with Gasteiger partial charge in [0.2, 0.25) is 0 Å². The van der Waals surface area contributed by atoms with Gasteiger partial charge in [0, 0.05) is 0 Å². The van der Waals surface area contributed by atoms with Crippen molar-refractivity contribution in [1.29, 1.82) is 0 Å². The highest BCUT2D eigenvalue weighted by atomic mass is 19.1. The van der Waals surface area contributed by atoms with Crippen LogP contribution < -0.4 is 0 Å². The average Bonchev–Trinajstić information content (AvgIpc) is 2.67. The van der Waals surface area contributed by atoms with Crippen molar-refractivity contribution in [3.05, 3.63) is 58.8 Å². The normalized spacial score (nSPS) is 10.4. The van der Waals surface area contributed by atoms with Gasteiger partial charge >= 0.3 is 0 Å². The Kier molecular flexibility index (Phi) is 2.60. The van der Waals surface area contributed by atoms with Gasteiger partial charge in [-0.1, -0.05) is 11.6 Å². The van der Waals surface area contributed by atoms with E-state index in [1.165, 1.54) is 12.3 Å². The van der Waals surface area contributed by atoms with Gasteiger partial charge in [0.05, 0.1) is 17.4 Å². The van der Waals surface area contributed by atoms with Crippen molar-refractivity contribution in [3.63, 3.8) is 0 Å². The molecule has 0 amide bonds. The molecule has 1 aromatic carbocycles. The summed E-state index contributed by atoms with van der Waals surface area (Å²) in [6.07, 6.45) is 1.43. The smallest absolute Gasteiger partial charge is 0.199 e. The highest BCUT2D eigenvalue weighted by Crippen LogP contribution is 2.18. The first-order valence-corrected chi connectivity index (χ1v) is 4.94. The van der Waals surface area contributed by atoms with Gasteiger partial charge in [-0.2, -0.15) is 0 Å². The fourth-order valence-corrected chi connectivity index (χ4v) is 1.58. The third kappa shape index (κ3) is 1.76. The summed E-state index contributed by atoms with van der Waals surface area (Å²) in [5, 5.41) is 0. The number of ketones is 1. The maximum atomic E-state index is 13.5. The number of carbonyl (C=O) groups excluding carboxylic acids is 1. The zero-order chi connectivity index (χ0) is 11.7. The molecule has 0 unspecified atom stereocenters. The maximum Gasteiger partial charge on any atom is 0.199 e. The lowest BCUT2D eigenvalue weighted by Gasteiger charge is -2.02. The predicted octanol–water partition coefficient (Wildman–Crippen LogP) is 3.27. The van der Waals surface area contributed by atoms with E-state index in [9.17, 15) is 9.18 Å². The van der Waals surface area contributed by atoms with Crippen LogP contribution in [0.15, 0.2) is 34.9 Å². The van der Waals surface area contributed by atoms with E-state index in [2.05, 4.69) is 0 Å². The quantitative estimate of drug-likeness (QED) is 0.724. The van der Waals surface area contributed by atoms with Gasteiger partial charge in [-0.05, 0) is 32.0 Å². The van der Waals surface area contributed by atoms with Crippen molar-refractivity contribution in [2.45, 2.75) is 13.8 Å². The van der Waals surface area contributed by atoms with E-state index in [1.807, 2.05) is 6.92 Å². The molecule has 16 heavy (non-hydrogen) atoms. The van der Waals surface area contributed by atoms with Crippen molar-refractivity contribution in [2.24, 2.45) is 0 Å². The van der Waals surface area contributed by atoms with E-state index >= 15 is 0 Å². The van der Waals surface area contributed by atoms with Crippen LogP contribution in [-0.2, 0) is 0 Å². The third-order valence-electron chi connectivity index (χ3n) is 2.47. The summed E-state index contributed by atoms with van der Waals surface area (Å²) in [6, 6.07) is 6.04. The van der Waals surface area contributed by atoms with Gasteiger partial charge in [0.1, 0.15) is 11.6 Å². The summed E-state index contributed by atoms with van der Waals surface area (Å²) in [4.78, 5) is 12.0. The molecule has 0 saturated heterocycles. The van der Waals surface area contributed by atoms with E-state index in [4.69, 9.17) is 4.42 Å². The standard InChI is InChI=1S/C13H11FO2/c1-8-3-4-12(14)11(7-8)13(15)10-5-6-16-9(10)2/h3-7H,1-2H3. The number of carbonyl (C=O) groups is 1. The van der Waals surface area contributed by atoms with Crippen molar-refractivity contribution >= 4 is 5.78 Å². The molecular formula is C13H11FO2. The van der Waals surface area contributed by atoms with Crippen molar-refractivity contribution in [1.82, 2.24) is 0 Å². The van der Waals surface area contributed by atoms with Crippen LogP contribution in [0.2, 0.25) is 0 Å². The Morgan fingerprint density at radius 1 is 1.19 bits per heavy atom. The molecule has 82 valence electrons. The van der Waals surface area contributed by atoms with Crippen LogP contribution in [0, 0.1) is 19.7 Å². The largest absolute Gasteiger partial charge is 0.469 e. The molecule has 2 rings (SSSR count). The van der Waals surface area contributed by atoms with Crippen LogP contribution in [0.4, 0.5) is 4.39 Å². The van der Waals surface area contributed by atoms with Crippen molar-refractivity contribution in [3.8, 4) is 0 Å². The van der Waals surface area contributed by atoms with Gasteiger partial charge in [0.25, 0.3) is 0 Å². The fourth-order valence-electron chi connectivity index (χ4n) is 1.58. The number of hydrogen-bond donors (Lipinski definition) is 0. The summed E-state index contributed by atoms with van der Waals surface area (Å²) < 4.78 is 18.5. The molecule has 0 fully saturated rings. The first-order valence-electron chi connectivity index (χ1n) is 4.94. The zero-order valence-electron chi connectivity index (χ0n) is 9.08. The Bertz CT molecular complexity index is 541. The van der Waals surface area contributed by atoms with Crippen molar-refractivity contribution in [2.75, 3.05) is 0 Å². The topological polar surface area (TPSA) is 30.2 Å². The molecule has 0 radical (unpaired) electrons. The molecular weight excluding hydrogens is 207 g/mol. The highest BCUT2D eigenvalue weighted by molar-refractivity contribution is 6.09. The number of benzene rings is 1. The lowest BCUT2D eigenvalue weighted by molar-refractivity contribution is 0.103. The Hall–Kier alpha value is -1.90. The van der Waals surface area contributed by atoms with Crippen LogP contribution in [0.25, 0.3) is 0 Å². The summed E-state index contributed by atoms with van der Waals surface area (Å²) >= 11 is 0. The predicted molar refractivity (Wildman–Crippen MR) is 58.0 cm³/mol. The lowest BCUT2D eigenvalue weighted by atomic mass is 10.0. The molecule has 2 aromatic rings. The number of halogens is 1. The Morgan fingerprint density at radius 3 is 2.56 bits per heavy atom. The molecule has 2 nitrogen and oxygen atoms in total. The minimum Gasteiger partial charge on any atom is -0.469 e. The van der Waals surface area contributed by atoms with Gasteiger partial charge in [-0.3, -0.25) is 4.79 Å². The Labute approximate surface area is 92.7 Å². The van der Waals surface area contributed by atoms with Crippen LogP contribution >= 0.6 is 0 Å². The summed E-state index contributed by atoms with van der Waals surface area (Å²) in [5.41, 5.74) is 1.35. The van der Waals surface area contributed by atoms with Gasteiger partial charge in [0.15, 0.2) is 5.78 Å². The molecule has 0 N–H and O–H groups in total. The van der Waals surface area contributed by atoms with Crippen LogP contribution in [-0.4, -0.2) is 5.78 Å². The molecule has 0 atom stereocenters. The monoisotopic (exact) mass is 218 g/mol. The second kappa shape index (κ2) is 3.93. The zero-order valence-corrected chi connectivity index (χ0v) is 9.08. The third-order valence-corrected chi connectivity index (χ3v) is 2.47. The SMILES string of the molecule is Cc1ccc(F)c(C(=O)c2ccoc2C)c1. The number of aryl methyl sites for hydroxylation is 2. The van der Waals surface area contributed by atoms with Gasteiger partial charge in [-0.15, -0.1) is 0 Å². The molecule has 0 aliphatic rings. The minimum absolute atomic E-state index is 0.0875. The molecule has 3 heteroatoms. The van der Waals surface area contributed by atoms with Crippen LogP contribution in [0.1, 0.15) is 27.2 Å². The minimum atomic E-state index is -0.504. The molecule has 0 aliphatic heterocycles. The van der Waals surface area contributed by atoms with Gasteiger partial charge in [-0.25, -0.2) is 4.39 Å². The first kappa shape index (κ1) is 10.6. The molecule has 1 heterocycles. The van der Waals surface area contributed by atoms with Crippen LogP contribution in [0.3, 0.4) is 0 Å². The lowest BCUT2D eigenvalue weighted by Crippen LogP contribution is -2.04. The Morgan fingerprint density at radius 2 is 1.94 bits per heavy atom. The maximum absolute atomic E-state index is 13.5. The second-order valence-electron chi connectivity index (χ2n) is 3.70.